The maximum atomic E-state index is 11.7. The number of hydrogen-bond acceptors (Lipinski definition) is 4. The first-order valence-electron chi connectivity index (χ1n) is 5.99. The van der Waals surface area contributed by atoms with Crippen LogP contribution in [0.3, 0.4) is 0 Å². The predicted molar refractivity (Wildman–Crippen MR) is 67.9 cm³/mol. The molecular weight excluding hydrogens is 246 g/mol. The summed E-state index contributed by atoms with van der Waals surface area (Å²) in [6, 6.07) is 9.05. The van der Waals surface area contributed by atoms with Gasteiger partial charge in [-0.1, -0.05) is 30.3 Å². The second-order valence-corrected chi connectivity index (χ2v) is 4.38. The fourth-order valence-corrected chi connectivity index (χ4v) is 2.03. The maximum absolute atomic E-state index is 11.7. The zero-order valence-corrected chi connectivity index (χ0v) is 10.3. The lowest BCUT2D eigenvalue weighted by molar-refractivity contribution is -0.132. The van der Waals surface area contributed by atoms with Crippen molar-refractivity contribution < 1.29 is 14.4 Å². The number of amides is 3. The van der Waals surface area contributed by atoms with Crippen LogP contribution in [0.4, 0.5) is 4.79 Å². The van der Waals surface area contributed by atoms with Gasteiger partial charge in [-0.05, 0) is 12.0 Å². The number of urea groups is 1. The summed E-state index contributed by atoms with van der Waals surface area (Å²) in [7, 11) is 0. The van der Waals surface area contributed by atoms with Gasteiger partial charge in [-0.3, -0.25) is 10.1 Å². The first kappa shape index (κ1) is 13.2. The van der Waals surface area contributed by atoms with Crippen LogP contribution in [0.2, 0.25) is 0 Å². The third-order valence-corrected chi connectivity index (χ3v) is 3.15. The smallest absolute Gasteiger partial charge is 0.310 e. The van der Waals surface area contributed by atoms with E-state index >= 15 is 0 Å². The third-order valence-electron chi connectivity index (χ3n) is 3.15. The topological polar surface area (TPSA) is 92.5 Å². The molecule has 6 nitrogen and oxygen atoms in total. The lowest BCUT2D eigenvalue weighted by Crippen LogP contribution is -2.64. The zero-order chi connectivity index (χ0) is 13.8. The number of nitrogens with one attached hydrogen (secondary N) is 1. The normalized spacial score (nSPS) is 23.1. The average molecular weight is 261 g/mol. The first-order valence-corrected chi connectivity index (χ1v) is 5.99. The molecule has 1 aliphatic rings. The Morgan fingerprint density at radius 2 is 1.95 bits per heavy atom. The summed E-state index contributed by atoms with van der Waals surface area (Å²) in [4.78, 5) is 35.2. The number of aldehydes is 1. The Hall–Kier alpha value is -2.21. The molecular formula is C13H15N3O3. The minimum Gasteiger partial charge on any atom is -0.310 e. The molecule has 0 bridgehead atoms. The highest BCUT2D eigenvalue weighted by atomic mass is 16.2. The fourth-order valence-electron chi connectivity index (χ4n) is 2.03. The van der Waals surface area contributed by atoms with Crippen molar-refractivity contribution in [2.24, 2.45) is 11.7 Å². The monoisotopic (exact) mass is 261 g/mol. The number of nitrogens with zero attached hydrogens (tertiary/aromatic N) is 1. The van der Waals surface area contributed by atoms with Crippen LogP contribution in [-0.4, -0.2) is 35.8 Å². The van der Waals surface area contributed by atoms with Crippen molar-refractivity contribution in [3.05, 3.63) is 35.9 Å². The third kappa shape index (κ3) is 2.79. The average Bonchev–Trinajstić information content (AvgIpc) is 2.39. The molecule has 3 N–H and O–H groups in total. The van der Waals surface area contributed by atoms with Crippen molar-refractivity contribution in [2.45, 2.75) is 12.6 Å². The maximum Gasteiger partial charge on any atom is 0.325 e. The van der Waals surface area contributed by atoms with Crippen LogP contribution in [-0.2, 0) is 16.0 Å². The highest BCUT2D eigenvalue weighted by molar-refractivity contribution is 6.04. The van der Waals surface area contributed by atoms with Gasteiger partial charge in [0.1, 0.15) is 18.4 Å². The van der Waals surface area contributed by atoms with E-state index in [9.17, 15) is 14.4 Å². The molecule has 19 heavy (non-hydrogen) atoms. The summed E-state index contributed by atoms with van der Waals surface area (Å²) >= 11 is 0. The fraction of sp³-hybridized carbons (Fsp3) is 0.308. The lowest BCUT2D eigenvalue weighted by atomic mass is 10.0. The van der Waals surface area contributed by atoms with Gasteiger partial charge >= 0.3 is 6.03 Å². The van der Waals surface area contributed by atoms with Gasteiger partial charge in [-0.2, -0.15) is 0 Å². The number of carbonyl (C=O) groups excluding carboxylic acids is 3. The lowest BCUT2D eigenvalue weighted by Gasteiger charge is -2.35. The molecule has 2 atom stereocenters. The molecule has 1 aliphatic heterocycles. The van der Waals surface area contributed by atoms with Gasteiger partial charge < -0.3 is 15.4 Å². The zero-order valence-electron chi connectivity index (χ0n) is 10.3. The Morgan fingerprint density at radius 1 is 1.26 bits per heavy atom. The number of rotatable bonds is 4. The summed E-state index contributed by atoms with van der Waals surface area (Å²) in [5, 5.41) is 2.13. The van der Waals surface area contributed by atoms with Gasteiger partial charge in [-0.15, -0.1) is 0 Å². The Bertz CT molecular complexity index is 489. The summed E-state index contributed by atoms with van der Waals surface area (Å²) in [6.45, 7) is 0.356. The molecule has 1 fully saturated rings. The molecule has 3 amide bonds. The Balaban J connectivity index is 2.04. The van der Waals surface area contributed by atoms with Gasteiger partial charge in [0.05, 0.1) is 0 Å². The number of nitrogens with two attached hydrogens (primary N) is 1. The van der Waals surface area contributed by atoms with Gasteiger partial charge in [0.25, 0.3) is 0 Å². The molecule has 1 heterocycles. The molecule has 0 radical (unpaired) electrons. The molecule has 1 aromatic rings. The SMILES string of the molecule is NC1C(C=O)C(=O)NC(=O)N1CCc1ccccc1. The standard InChI is InChI=1S/C13H15N3O3/c14-11-10(8-17)12(18)15-13(19)16(11)7-6-9-4-2-1-3-5-9/h1-5,8,10-11H,6-7,14H2,(H,15,18,19). The molecule has 6 heteroatoms. The predicted octanol–water partition coefficient (Wildman–Crippen LogP) is -0.119. The molecule has 2 rings (SSSR count). The Labute approximate surface area is 110 Å². The van der Waals surface area contributed by atoms with E-state index in [4.69, 9.17) is 5.73 Å². The summed E-state index contributed by atoms with van der Waals surface area (Å²) < 4.78 is 0. The number of benzene rings is 1. The van der Waals surface area contributed by atoms with E-state index in [2.05, 4.69) is 5.32 Å². The van der Waals surface area contributed by atoms with E-state index in [-0.39, 0.29) is 0 Å². The number of hydrogen-bond donors (Lipinski definition) is 2. The highest BCUT2D eigenvalue weighted by Crippen LogP contribution is 2.12. The molecule has 0 aliphatic carbocycles. The van der Waals surface area contributed by atoms with Gasteiger partial charge in [0.15, 0.2) is 0 Å². The minimum absolute atomic E-state index is 0.356. The minimum atomic E-state index is -1.01. The van der Waals surface area contributed by atoms with E-state index in [1.807, 2.05) is 30.3 Å². The number of imide groups is 1. The second-order valence-electron chi connectivity index (χ2n) is 4.38. The molecule has 1 saturated heterocycles. The summed E-state index contributed by atoms with van der Waals surface area (Å²) in [5.74, 6) is -1.64. The van der Waals surface area contributed by atoms with E-state index in [1.54, 1.807) is 0 Å². The highest BCUT2D eigenvalue weighted by Gasteiger charge is 2.38. The van der Waals surface area contributed by atoms with E-state index in [1.165, 1.54) is 4.90 Å². The Morgan fingerprint density at radius 3 is 2.58 bits per heavy atom. The van der Waals surface area contributed by atoms with E-state index < -0.39 is 24.0 Å². The van der Waals surface area contributed by atoms with Crippen LogP contribution in [0.15, 0.2) is 30.3 Å². The van der Waals surface area contributed by atoms with Crippen molar-refractivity contribution in [3.8, 4) is 0 Å². The van der Waals surface area contributed by atoms with Crippen molar-refractivity contribution in [3.63, 3.8) is 0 Å². The largest absolute Gasteiger partial charge is 0.325 e. The molecule has 0 saturated carbocycles. The van der Waals surface area contributed by atoms with Crippen LogP contribution >= 0.6 is 0 Å². The van der Waals surface area contributed by atoms with E-state index in [0.29, 0.717) is 19.3 Å². The van der Waals surface area contributed by atoms with Gasteiger partial charge in [-0.25, -0.2) is 4.79 Å². The molecule has 100 valence electrons. The number of carbonyl (C=O) groups is 3. The molecule has 0 aromatic heterocycles. The Kier molecular flexibility index (Phi) is 3.91. The quantitative estimate of drug-likeness (QED) is 0.584. The van der Waals surface area contributed by atoms with Crippen LogP contribution in [0, 0.1) is 5.92 Å². The molecule has 2 unspecified atom stereocenters. The van der Waals surface area contributed by atoms with Crippen molar-refractivity contribution in [1.29, 1.82) is 0 Å². The van der Waals surface area contributed by atoms with Gasteiger partial charge in [0, 0.05) is 6.54 Å². The van der Waals surface area contributed by atoms with Crippen molar-refractivity contribution in [2.75, 3.05) is 6.54 Å². The van der Waals surface area contributed by atoms with Crippen LogP contribution in [0.1, 0.15) is 5.56 Å². The van der Waals surface area contributed by atoms with Crippen molar-refractivity contribution in [1.82, 2.24) is 10.2 Å². The second kappa shape index (κ2) is 5.62. The van der Waals surface area contributed by atoms with Crippen LogP contribution in [0.5, 0.6) is 0 Å². The molecule has 1 aromatic carbocycles. The summed E-state index contributed by atoms with van der Waals surface area (Å²) in [5.41, 5.74) is 6.85. The van der Waals surface area contributed by atoms with Crippen LogP contribution in [0.25, 0.3) is 0 Å². The first-order chi connectivity index (χ1) is 9.13. The van der Waals surface area contributed by atoms with Crippen molar-refractivity contribution >= 4 is 18.2 Å². The van der Waals surface area contributed by atoms with Gasteiger partial charge in [0.2, 0.25) is 5.91 Å². The van der Waals surface area contributed by atoms with Crippen LogP contribution < -0.4 is 11.1 Å². The summed E-state index contributed by atoms with van der Waals surface area (Å²) in [6.07, 6.45) is 0.186. The van der Waals surface area contributed by atoms with E-state index in [0.717, 1.165) is 5.56 Å². The molecule has 0 spiro atoms.